The van der Waals surface area contributed by atoms with E-state index in [1.165, 1.54) is 6.07 Å². The molecule has 1 fully saturated rings. The number of rotatable bonds is 4. The van der Waals surface area contributed by atoms with E-state index in [1.54, 1.807) is 18.2 Å². The molecule has 1 saturated heterocycles. The average Bonchev–Trinajstić information content (AvgIpc) is 2.42. The lowest BCUT2D eigenvalue weighted by Crippen LogP contribution is -2.45. The molecule has 0 spiro atoms. The van der Waals surface area contributed by atoms with Crippen molar-refractivity contribution >= 4 is 18.3 Å². The van der Waals surface area contributed by atoms with Crippen molar-refractivity contribution in [3.05, 3.63) is 35.6 Å². The van der Waals surface area contributed by atoms with Gasteiger partial charge in [0.25, 0.3) is 0 Å². The second-order valence-corrected chi connectivity index (χ2v) is 5.08. The number of hydrogen-bond acceptors (Lipinski definition) is 2. The van der Waals surface area contributed by atoms with Gasteiger partial charge in [0.15, 0.2) is 0 Å². The van der Waals surface area contributed by atoms with Crippen LogP contribution >= 0.6 is 12.4 Å². The predicted molar refractivity (Wildman–Crippen MR) is 80.4 cm³/mol. The Labute approximate surface area is 125 Å². The van der Waals surface area contributed by atoms with E-state index < -0.39 is 0 Å². The van der Waals surface area contributed by atoms with Crippen molar-refractivity contribution < 1.29 is 9.18 Å². The van der Waals surface area contributed by atoms with Crippen LogP contribution in [-0.2, 0) is 11.2 Å². The van der Waals surface area contributed by atoms with Crippen LogP contribution in [0.15, 0.2) is 24.3 Å². The Hall–Kier alpha value is -1.13. The highest BCUT2D eigenvalue weighted by Crippen LogP contribution is 2.21. The van der Waals surface area contributed by atoms with Crippen molar-refractivity contribution in [2.24, 2.45) is 5.73 Å². The molecule has 112 valence electrons. The molecule has 1 unspecified atom stereocenters. The first-order valence-electron chi connectivity index (χ1n) is 6.95. The van der Waals surface area contributed by atoms with E-state index in [0.717, 1.165) is 32.2 Å². The van der Waals surface area contributed by atoms with Gasteiger partial charge in [-0.15, -0.1) is 12.4 Å². The zero-order valence-corrected chi connectivity index (χ0v) is 12.4. The summed E-state index contributed by atoms with van der Waals surface area (Å²) in [5.41, 5.74) is 6.08. The molecule has 5 heteroatoms. The highest BCUT2D eigenvalue weighted by Gasteiger charge is 2.26. The molecular weight excluding hydrogens is 279 g/mol. The van der Waals surface area contributed by atoms with Crippen molar-refractivity contribution in [3.8, 4) is 0 Å². The fourth-order valence-electron chi connectivity index (χ4n) is 2.73. The van der Waals surface area contributed by atoms with Gasteiger partial charge in [0.05, 0.1) is 6.42 Å². The van der Waals surface area contributed by atoms with Crippen molar-refractivity contribution in [2.75, 3.05) is 13.1 Å². The number of amides is 1. The summed E-state index contributed by atoms with van der Waals surface area (Å²) >= 11 is 0. The zero-order valence-electron chi connectivity index (χ0n) is 11.6. The molecule has 0 aliphatic carbocycles. The number of piperidine rings is 1. The van der Waals surface area contributed by atoms with Crippen molar-refractivity contribution in [1.29, 1.82) is 0 Å². The number of benzene rings is 1. The summed E-state index contributed by atoms with van der Waals surface area (Å²) < 4.78 is 13.6. The lowest BCUT2D eigenvalue weighted by Gasteiger charge is -2.35. The van der Waals surface area contributed by atoms with Crippen molar-refractivity contribution in [2.45, 2.75) is 38.1 Å². The van der Waals surface area contributed by atoms with Crippen LogP contribution in [0.2, 0.25) is 0 Å². The fraction of sp³-hybridized carbons (Fsp3) is 0.533. The Morgan fingerprint density at radius 2 is 2.10 bits per heavy atom. The Kier molecular flexibility index (Phi) is 6.96. The van der Waals surface area contributed by atoms with Gasteiger partial charge in [0.1, 0.15) is 5.82 Å². The molecule has 0 aromatic heterocycles. The summed E-state index contributed by atoms with van der Waals surface area (Å²) in [5, 5.41) is 0. The Bertz CT molecular complexity index is 440. The van der Waals surface area contributed by atoms with Gasteiger partial charge in [0.2, 0.25) is 5.91 Å². The Balaban J connectivity index is 0.00000200. The van der Waals surface area contributed by atoms with Gasteiger partial charge in [-0.25, -0.2) is 4.39 Å². The number of likely N-dealkylation sites (tertiary alicyclic amines) is 1. The van der Waals surface area contributed by atoms with Gasteiger partial charge in [-0.2, -0.15) is 0 Å². The molecule has 1 aromatic rings. The minimum absolute atomic E-state index is 0. The molecule has 1 atom stereocenters. The minimum atomic E-state index is -0.303. The molecule has 1 aliphatic rings. The first-order valence-corrected chi connectivity index (χ1v) is 6.95. The number of carbonyl (C=O) groups excluding carboxylic acids is 1. The van der Waals surface area contributed by atoms with E-state index in [1.807, 2.05) is 4.90 Å². The van der Waals surface area contributed by atoms with E-state index in [2.05, 4.69) is 0 Å². The van der Waals surface area contributed by atoms with E-state index in [4.69, 9.17) is 5.73 Å². The van der Waals surface area contributed by atoms with Gasteiger partial charge in [-0.05, 0) is 43.9 Å². The standard InChI is InChI=1S/C15H21FN2O.ClH/c16-14-7-2-1-5-12(14)11-15(19)18-10-4-3-6-13(18)8-9-17;/h1-2,5,7,13H,3-4,6,8-11,17H2;1H. The quantitative estimate of drug-likeness (QED) is 0.929. The maximum atomic E-state index is 13.6. The molecule has 0 bridgehead atoms. The Morgan fingerprint density at radius 3 is 2.80 bits per heavy atom. The van der Waals surface area contributed by atoms with E-state index >= 15 is 0 Å². The van der Waals surface area contributed by atoms with Crippen LogP contribution in [0.3, 0.4) is 0 Å². The minimum Gasteiger partial charge on any atom is -0.339 e. The third-order valence-corrected chi connectivity index (χ3v) is 3.75. The third kappa shape index (κ3) is 4.18. The summed E-state index contributed by atoms with van der Waals surface area (Å²) in [6, 6.07) is 6.71. The van der Waals surface area contributed by atoms with E-state index in [-0.39, 0.29) is 36.6 Å². The molecule has 2 rings (SSSR count). The topological polar surface area (TPSA) is 46.3 Å². The van der Waals surface area contributed by atoms with Crippen LogP contribution in [0.4, 0.5) is 4.39 Å². The summed E-state index contributed by atoms with van der Waals surface area (Å²) in [5.74, 6) is -0.286. The summed E-state index contributed by atoms with van der Waals surface area (Å²) in [4.78, 5) is 14.2. The highest BCUT2D eigenvalue weighted by molar-refractivity contribution is 5.85. The van der Waals surface area contributed by atoms with Crippen LogP contribution in [0, 0.1) is 5.82 Å². The predicted octanol–water partition coefficient (Wildman–Crippen LogP) is 2.52. The number of hydrogen-bond donors (Lipinski definition) is 1. The maximum absolute atomic E-state index is 13.6. The second kappa shape index (κ2) is 8.22. The van der Waals surface area contributed by atoms with Crippen LogP contribution in [0.1, 0.15) is 31.2 Å². The van der Waals surface area contributed by atoms with Crippen LogP contribution in [-0.4, -0.2) is 29.9 Å². The molecule has 1 heterocycles. The van der Waals surface area contributed by atoms with Crippen molar-refractivity contribution in [1.82, 2.24) is 4.90 Å². The number of nitrogens with two attached hydrogens (primary N) is 1. The first-order chi connectivity index (χ1) is 9.22. The summed E-state index contributed by atoms with van der Waals surface area (Å²) in [6.45, 7) is 1.37. The SMILES string of the molecule is Cl.NCCC1CCCCN1C(=O)Cc1ccccc1F. The molecule has 1 aromatic carbocycles. The molecule has 0 saturated carbocycles. The number of halogens is 2. The molecule has 3 nitrogen and oxygen atoms in total. The van der Waals surface area contributed by atoms with Gasteiger partial charge >= 0.3 is 0 Å². The van der Waals surface area contributed by atoms with Crippen LogP contribution < -0.4 is 5.73 Å². The van der Waals surface area contributed by atoms with E-state index in [0.29, 0.717) is 12.1 Å². The third-order valence-electron chi connectivity index (χ3n) is 3.75. The van der Waals surface area contributed by atoms with Gasteiger partial charge < -0.3 is 10.6 Å². The zero-order chi connectivity index (χ0) is 13.7. The Morgan fingerprint density at radius 1 is 1.35 bits per heavy atom. The summed E-state index contributed by atoms with van der Waals surface area (Å²) in [6.07, 6.45) is 4.18. The first kappa shape index (κ1) is 16.9. The summed E-state index contributed by atoms with van der Waals surface area (Å²) in [7, 11) is 0. The number of carbonyl (C=O) groups is 1. The average molecular weight is 301 g/mol. The monoisotopic (exact) mass is 300 g/mol. The molecule has 2 N–H and O–H groups in total. The molecule has 20 heavy (non-hydrogen) atoms. The largest absolute Gasteiger partial charge is 0.339 e. The normalized spacial score (nSPS) is 18.5. The molecular formula is C15H22ClFN2O. The maximum Gasteiger partial charge on any atom is 0.227 e. The van der Waals surface area contributed by atoms with Gasteiger partial charge in [-0.3, -0.25) is 4.79 Å². The smallest absolute Gasteiger partial charge is 0.227 e. The van der Waals surface area contributed by atoms with Gasteiger partial charge in [-0.1, -0.05) is 18.2 Å². The fourth-order valence-corrected chi connectivity index (χ4v) is 2.73. The lowest BCUT2D eigenvalue weighted by atomic mass is 9.98. The molecule has 0 radical (unpaired) electrons. The van der Waals surface area contributed by atoms with Crippen molar-refractivity contribution in [3.63, 3.8) is 0 Å². The lowest BCUT2D eigenvalue weighted by molar-refractivity contribution is -0.134. The highest BCUT2D eigenvalue weighted by atomic mass is 35.5. The van der Waals surface area contributed by atoms with Crippen LogP contribution in [0.5, 0.6) is 0 Å². The van der Waals surface area contributed by atoms with Gasteiger partial charge in [0, 0.05) is 12.6 Å². The number of nitrogens with zero attached hydrogens (tertiary/aromatic N) is 1. The second-order valence-electron chi connectivity index (χ2n) is 5.08. The van der Waals surface area contributed by atoms with E-state index in [9.17, 15) is 9.18 Å². The van der Waals surface area contributed by atoms with Crippen LogP contribution in [0.25, 0.3) is 0 Å². The molecule has 1 amide bonds. The molecule has 1 aliphatic heterocycles.